The number of nitrogens with two attached hydrogens (primary N) is 1. The van der Waals surface area contributed by atoms with Crippen molar-refractivity contribution in [3.05, 3.63) is 35.4 Å². The van der Waals surface area contributed by atoms with Gasteiger partial charge in [0.15, 0.2) is 0 Å². The van der Waals surface area contributed by atoms with Crippen molar-refractivity contribution in [1.29, 1.82) is 0 Å². The van der Waals surface area contributed by atoms with E-state index in [4.69, 9.17) is 4.74 Å². The number of amides is 2. The molecule has 2 saturated carbocycles. The Morgan fingerprint density at radius 2 is 1.59 bits per heavy atom. The van der Waals surface area contributed by atoms with E-state index in [0.717, 1.165) is 57.8 Å². The second-order valence-electron chi connectivity index (χ2n) is 11.0. The molecule has 1 unspecified atom stereocenters. The van der Waals surface area contributed by atoms with E-state index in [0.29, 0.717) is 24.0 Å². The maximum Gasteiger partial charge on any atom is 0.410 e. The summed E-state index contributed by atoms with van der Waals surface area (Å²) in [6.45, 7) is 9.05. The average molecular weight is 552 g/mol. The van der Waals surface area contributed by atoms with Crippen LogP contribution in [0.25, 0.3) is 0 Å². The van der Waals surface area contributed by atoms with Gasteiger partial charge in [0.25, 0.3) is 0 Å². The van der Waals surface area contributed by atoms with Crippen LogP contribution in [-0.2, 0) is 9.53 Å². The Morgan fingerprint density at radius 3 is 2.10 bits per heavy atom. The number of cyclic esters (lactones) is 1. The summed E-state index contributed by atoms with van der Waals surface area (Å²) in [6, 6.07) is 4.09. The number of carbonyl (C=O) groups excluding carboxylic acids is 2. The predicted molar refractivity (Wildman–Crippen MR) is 152 cm³/mol. The third kappa shape index (κ3) is 8.89. The quantitative estimate of drug-likeness (QED) is 0.405. The Balaban J connectivity index is 0.000000267. The van der Waals surface area contributed by atoms with Gasteiger partial charge in [-0.25, -0.2) is 13.6 Å². The molecule has 5 rings (SSSR count). The molecule has 2 heterocycles. The van der Waals surface area contributed by atoms with Crippen LogP contribution >= 0.6 is 0 Å². The zero-order valence-corrected chi connectivity index (χ0v) is 24.6. The van der Waals surface area contributed by atoms with Crippen molar-refractivity contribution in [3.8, 4) is 0 Å². The number of likely N-dealkylation sites (tertiary alicyclic amines) is 1. The van der Waals surface area contributed by atoms with Crippen LogP contribution in [0.1, 0.15) is 103 Å². The summed E-state index contributed by atoms with van der Waals surface area (Å²) in [7, 11) is 1.50. The fourth-order valence-corrected chi connectivity index (χ4v) is 6.66. The number of benzene rings is 1. The van der Waals surface area contributed by atoms with Crippen molar-refractivity contribution in [2.24, 2.45) is 17.1 Å². The second kappa shape index (κ2) is 16.8. The summed E-state index contributed by atoms with van der Waals surface area (Å²) >= 11 is 0. The minimum absolute atomic E-state index is 0.152. The number of rotatable bonds is 5. The lowest BCUT2D eigenvalue weighted by Crippen LogP contribution is -2.51. The van der Waals surface area contributed by atoms with E-state index >= 15 is 0 Å². The van der Waals surface area contributed by atoms with Crippen molar-refractivity contribution < 1.29 is 23.1 Å². The molecule has 0 bridgehead atoms. The minimum atomic E-state index is -0.487. The molecule has 0 radical (unpaired) electrons. The summed E-state index contributed by atoms with van der Waals surface area (Å²) in [5.41, 5.74) is 5.37. The molecule has 2 amide bonds. The van der Waals surface area contributed by atoms with Gasteiger partial charge in [-0.15, -0.1) is 0 Å². The van der Waals surface area contributed by atoms with Gasteiger partial charge in [0.2, 0.25) is 6.41 Å². The van der Waals surface area contributed by atoms with Crippen molar-refractivity contribution >= 4 is 12.5 Å². The van der Waals surface area contributed by atoms with Gasteiger partial charge in [0.05, 0.1) is 6.04 Å². The number of halogens is 2. The molecular formula is C31H51F2N3O3. The maximum absolute atomic E-state index is 13.3. The third-order valence-electron chi connectivity index (χ3n) is 8.87. The standard InChI is InChI=1S/C17H28N2O3.C11H12F2.C2H6.CH5N/c1-14-11-22-16(21)19(14)12-17(15-5-3-2-4-6-15)7-9-18(13-20)10-8-17;12-9-5-6-10(11(13)7-9)8-3-1-2-4-8;2*1-2/h13-15H,2-12H2,1H3;5-8H,1-4H2;1-2H3;2H2,1H3. The van der Waals surface area contributed by atoms with E-state index in [-0.39, 0.29) is 23.4 Å². The SMILES string of the molecule is CC.CC1COC(=O)N1CC1(C2CCCCC2)CCN(C=O)CC1.CN.Fc1ccc(C2CCCC2)c(F)c1. The summed E-state index contributed by atoms with van der Waals surface area (Å²) in [5.74, 6) is 0.141. The normalized spacial score (nSPS) is 22.9. The van der Waals surface area contributed by atoms with Crippen LogP contribution in [0, 0.1) is 23.0 Å². The molecule has 2 saturated heterocycles. The van der Waals surface area contributed by atoms with E-state index in [1.54, 1.807) is 6.07 Å². The van der Waals surface area contributed by atoms with Gasteiger partial charge in [-0.3, -0.25) is 4.79 Å². The van der Waals surface area contributed by atoms with Crippen LogP contribution in [0.5, 0.6) is 0 Å². The molecule has 4 aliphatic rings. The molecule has 1 aromatic rings. The second-order valence-corrected chi connectivity index (χ2v) is 11.0. The van der Waals surface area contributed by atoms with Crippen LogP contribution in [0.4, 0.5) is 13.6 Å². The molecule has 2 N–H and O–H groups in total. The fraction of sp³-hybridized carbons (Fsp3) is 0.742. The van der Waals surface area contributed by atoms with E-state index in [9.17, 15) is 18.4 Å². The van der Waals surface area contributed by atoms with Gasteiger partial charge in [0.1, 0.15) is 18.2 Å². The van der Waals surface area contributed by atoms with Gasteiger partial charge in [0, 0.05) is 25.7 Å². The number of carbonyl (C=O) groups is 2. The zero-order chi connectivity index (χ0) is 28.8. The number of ether oxygens (including phenoxy) is 1. The Kier molecular flexibility index (Phi) is 14.2. The van der Waals surface area contributed by atoms with E-state index in [2.05, 4.69) is 12.7 Å². The molecule has 4 fully saturated rings. The maximum atomic E-state index is 13.3. The highest BCUT2D eigenvalue weighted by molar-refractivity contribution is 5.70. The molecule has 0 aromatic heterocycles. The number of piperidine rings is 1. The topological polar surface area (TPSA) is 75.9 Å². The van der Waals surface area contributed by atoms with Gasteiger partial charge in [-0.1, -0.05) is 52.0 Å². The largest absolute Gasteiger partial charge is 0.447 e. The monoisotopic (exact) mass is 551 g/mol. The first kappa shape index (κ1) is 33.0. The van der Waals surface area contributed by atoms with Crippen LogP contribution in [0.2, 0.25) is 0 Å². The average Bonchev–Trinajstić information content (AvgIpc) is 3.63. The molecule has 8 heteroatoms. The zero-order valence-electron chi connectivity index (χ0n) is 24.6. The van der Waals surface area contributed by atoms with Crippen LogP contribution in [-0.4, -0.2) is 61.6 Å². The minimum Gasteiger partial charge on any atom is -0.447 e. The van der Waals surface area contributed by atoms with E-state index < -0.39 is 5.82 Å². The predicted octanol–water partition coefficient (Wildman–Crippen LogP) is 6.87. The smallest absolute Gasteiger partial charge is 0.410 e. The van der Waals surface area contributed by atoms with Crippen molar-refractivity contribution in [2.45, 2.75) is 103 Å². The highest BCUT2D eigenvalue weighted by Gasteiger charge is 2.45. The molecule has 39 heavy (non-hydrogen) atoms. The third-order valence-corrected chi connectivity index (χ3v) is 8.87. The molecule has 2 aliphatic carbocycles. The molecule has 1 aromatic carbocycles. The first-order chi connectivity index (χ1) is 18.9. The first-order valence-corrected chi connectivity index (χ1v) is 15.1. The van der Waals surface area contributed by atoms with E-state index in [1.165, 1.54) is 58.1 Å². The van der Waals surface area contributed by atoms with Crippen molar-refractivity contribution in [2.75, 3.05) is 33.3 Å². The molecular weight excluding hydrogens is 500 g/mol. The Bertz CT molecular complexity index is 865. The van der Waals surface area contributed by atoms with Gasteiger partial charge in [-0.2, -0.15) is 0 Å². The number of nitrogens with zero attached hydrogens (tertiary/aromatic N) is 2. The lowest BCUT2D eigenvalue weighted by atomic mass is 9.63. The summed E-state index contributed by atoms with van der Waals surface area (Å²) in [6.07, 6.45) is 13.8. The van der Waals surface area contributed by atoms with Gasteiger partial charge < -0.3 is 20.3 Å². The Labute approximate surface area is 234 Å². The van der Waals surface area contributed by atoms with Crippen molar-refractivity contribution in [1.82, 2.24) is 9.80 Å². The molecule has 0 spiro atoms. The molecule has 222 valence electrons. The Morgan fingerprint density at radius 1 is 1.00 bits per heavy atom. The van der Waals surface area contributed by atoms with Crippen LogP contribution in [0.15, 0.2) is 18.2 Å². The lowest BCUT2D eigenvalue weighted by Gasteiger charge is -2.49. The van der Waals surface area contributed by atoms with E-state index in [1.807, 2.05) is 23.6 Å². The summed E-state index contributed by atoms with van der Waals surface area (Å²) in [4.78, 5) is 26.9. The van der Waals surface area contributed by atoms with Crippen molar-refractivity contribution in [3.63, 3.8) is 0 Å². The first-order valence-electron chi connectivity index (χ1n) is 15.1. The van der Waals surface area contributed by atoms with Gasteiger partial charge >= 0.3 is 6.09 Å². The summed E-state index contributed by atoms with van der Waals surface area (Å²) in [5, 5.41) is 0. The lowest BCUT2D eigenvalue weighted by molar-refractivity contribution is -0.121. The molecule has 2 aliphatic heterocycles. The van der Waals surface area contributed by atoms with Gasteiger partial charge in [-0.05, 0) is 81.4 Å². The van der Waals surface area contributed by atoms with Crippen LogP contribution < -0.4 is 5.73 Å². The summed E-state index contributed by atoms with van der Waals surface area (Å²) < 4.78 is 31.1. The molecule has 6 nitrogen and oxygen atoms in total. The van der Waals surface area contributed by atoms with Crippen LogP contribution in [0.3, 0.4) is 0 Å². The Hall–Kier alpha value is -2.22. The fourth-order valence-electron chi connectivity index (χ4n) is 6.66. The highest BCUT2D eigenvalue weighted by atomic mass is 19.1. The highest BCUT2D eigenvalue weighted by Crippen LogP contribution is 2.47. The number of hydrogen-bond donors (Lipinski definition) is 1. The molecule has 1 atom stereocenters. The number of hydrogen-bond acceptors (Lipinski definition) is 4.